The first-order chi connectivity index (χ1) is 8.85. The van der Waals surface area contributed by atoms with E-state index in [1.807, 2.05) is 0 Å². The van der Waals surface area contributed by atoms with Crippen molar-refractivity contribution >= 4 is 21.6 Å². The fourth-order valence-corrected chi connectivity index (χ4v) is 1.50. The van der Waals surface area contributed by atoms with Gasteiger partial charge in [-0.25, -0.2) is 0 Å². The van der Waals surface area contributed by atoms with E-state index in [4.69, 9.17) is 10.5 Å². The predicted octanol–water partition coefficient (Wildman–Crippen LogP) is 3.69. The van der Waals surface area contributed by atoms with Crippen molar-refractivity contribution in [1.82, 2.24) is 0 Å². The molecular formula is C11H5BrF3N3O. The minimum Gasteiger partial charge on any atom is -0.405 e. The maximum Gasteiger partial charge on any atom is 0.573 e. The minimum absolute atomic E-state index is 0.0821. The molecule has 0 spiro atoms. The highest BCUT2D eigenvalue weighted by molar-refractivity contribution is 9.10. The number of benzene rings is 1. The summed E-state index contributed by atoms with van der Waals surface area (Å²) < 4.78 is 39.9. The molecule has 1 aromatic rings. The number of rotatable bonds is 3. The molecule has 0 atom stereocenters. The van der Waals surface area contributed by atoms with Gasteiger partial charge < -0.3 is 10.1 Å². The van der Waals surface area contributed by atoms with Gasteiger partial charge in [-0.2, -0.15) is 10.5 Å². The number of alkyl halides is 3. The zero-order valence-corrected chi connectivity index (χ0v) is 10.7. The zero-order valence-electron chi connectivity index (χ0n) is 9.12. The van der Waals surface area contributed by atoms with Gasteiger partial charge >= 0.3 is 6.36 Å². The Kier molecular flexibility index (Phi) is 4.79. The van der Waals surface area contributed by atoms with Gasteiger partial charge in [-0.1, -0.05) is 0 Å². The summed E-state index contributed by atoms with van der Waals surface area (Å²) in [7, 11) is 0. The Morgan fingerprint density at radius 3 is 2.42 bits per heavy atom. The molecule has 0 fully saturated rings. The Hall–Kier alpha value is -2.19. The van der Waals surface area contributed by atoms with Crippen LogP contribution in [-0.4, -0.2) is 6.36 Å². The number of nitrogens with one attached hydrogen (secondary N) is 1. The maximum absolute atomic E-state index is 12.0. The molecule has 0 saturated heterocycles. The molecule has 1 aromatic carbocycles. The van der Waals surface area contributed by atoms with E-state index >= 15 is 0 Å². The van der Waals surface area contributed by atoms with Crippen LogP contribution in [0.1, 0.15) is 0 Å². The van der Waals surface area contributed by atoms with Gasteiger partial charge in [-0.3, -0.25) is 0 Å². The molecule has 4 nitrogen and oxygen atoms in total. The van der Waals surface area contributed by atoms with Crippen molar-refractivity contribution in [3.8, 4) is 17.9 Å². The average Bonchev–Trinajstić information content (AvgIpc) is 2.32. The summed E-state index contributed by atoms with van der Waals surface area (Å²) in [6.07, 6.45) is -3.63. The number of allylic oxidation sites excluding steroid dienone is 1. The van der Waals surface area contributed by atoms with Gasteiger partial charge in [-0.05, 0) is 34.1 Å². The topological polar surface area (TPSA) is 68.8 Å². The van der Waals surface area contributed by atoms with Gasteiger partial charge in [0.05, 0.1) is 4.47 Å². The minimum atomic E-state index is -4.77. The van der Waals surface area contributed by atoms with E-state index in [2.05, 4.69) is 26.0 Å². The highest BCUT2D eigenvalue weighted by Gasteiger charge is 2.31. The van der Waals surface area contributed by atoms with E-state index in [1.165, 1.54) is 12.1 Å². The third-order valence-electron chi connectivity index (χ3n) is 1.78. The van der Waals surface area contributed by atoms with Gasteiger partial charge in [0.2, 0.25) is 0 Å². The second-order valence-corrected chi connectivity index (χ2v) is 3.97. The quantitative estimate of drug-likeness (QED) is 0.857. The number of nitriles is 2. The lowest BCUT2D eigenvalue weighted by molar-refractivity contribution is -0.274. The molecule has 1 rings (SSSR count). The summed E-state index contributed by atoms with van der Waals surface area (Å²) in [6.45, 7) is 0. The third-order valence-corrected chi connectivity index (χ3v) is 2.40. The Balaban J connectivity index is 2.87. The summed E-state index contributed by atoms with van der Waals surface area (Å²) >= 11 is 2.93. The van der Waals surface area contributed by atoms with Gasteiger partial charge in [0, 0.05) is 11.9 Å². The fourth-order valence-electron chi connectivity index (χ4n) is 1.04. The van der Waals surface area contributed by atoms with Crippen LogP contribution < -0.4 is 10.1 Å². The SMILES string of the molecule is N#CC(C#N)=CNc1ccc(OC(F)(F)F)c(Br)c1. The van der Waals surface area contributed by atoms with Crippen LogP contribution in [0.2, 0.25) is 0 Å². The predicted molar refractivity (Wildman–Crippen MR) is 63.8 cm³/mol. The van der Waals surface area contributed by atoms with Crippen LogP contribution in [0.4, 0.5) is 18.9 Å². The van der Waals surface area contributed by atoms with Gasteiger partial charge in [-0.15, -0.1) is 13.2 Å². The van der Waals surface area contributed by atoms with Crippen molar-refractivity contribution in [2.45, 2.75) is 6.36 Å². The van der Waals surface area contributed by atoms with Crippen molar-refractivity contribution in [3.05, 3.63) is 34.4 Å². The van der Waals surface area contributed by atoms with Crippen LogP contribution in [0.3, 0.4) is 0 Å². The van der Waals surface area contributed by atoms with Crippen molar-refractivity contribution in [1.29, 1.82) is 10.5 Å². The monoisotopic (exact) mass is 331 g/mol. The molecule has 0 heterocycles. The number of hydrogen-bond acceptors (Lipinski definition) is 4. The number of anilines is 1. The summed E-state index contributed by atoms with van der Waals surface area (Å²) in [5.41, 5.74) is 0.233. The standard InChI is InChI=1S/C11H5BrF3N3O/c12-9-3-8(18-6-7(4-16)5-17)1-2-10(9)19-11(13,14)15/h1-3,6,18H. The number of ether oxygens (including phenoxy) is 1. The molecule has 0 aliphatic rings. The Morgan fingerprint density at radius 2 is 1.95 bits per heavy atom. The van der Waals surface area contributed by atoms with Crippen LogP contribution in [0, 0.1) is 22.7 Å². The first kappa shape index (κ1) is 14.9. The van der Waals surface area contributed by atoms with Crippen molar-refractivity contribution in [2.75, 3.05) is 5.32 Å². The molecule has 8 heteroatoms. The van der Waals surface area contributed by atoms with Crippen molar-refractivity contribution < 1.29 is 17.9 Å². The number of nitrogens with zero attached hydrogens (tertiary/aromatic N) is 2. The lowest BCUT2D eigenvalue weighted by atomic mass is 10.3. The van der Waals surface area contributed by atoms with Gasteiger partial charge in [0.1, 0.15) is 23.5 Å². The highest BCUT2D eigenvalue weighted by atomic mass is 79.9. The summed E-state index contributed by atoms with van der Waals surface area (Å²) in [4.78, 5) is 0. The highest BCUT2D eigenvalue weighted by Crippen LogP contribution is 2.32. The van der Waals surface area contributed by atoms with E-state index in [9.17, 15) is 13.2 Å². The largest absolute Gasteiger partial charge is 0.573 e. The molecule has 0 unspecified atom stereocenters. The molecule has 0 bridgehead atoms. The summed E-state index contributed by atoms with van der Waals surface area (Å²) in [6, 6.07) is 7.00. The van der Waals surface area contributed by atoms with Crippen LogP contribution in [0.15, 0.2) is 34.4 Å². The maximum atomic E-state index is 12.0. The molecule has 1 N–H and O–H groups in total. The van der Waals surface area contributed by atoms with Crippen LogP contribution in [0.25, 0.3) is 0 Å². The van der Waals surface area contributed by atoms with E-state index < -0.39 is 6.36 Å². The summed E-state index contributed by atoms with van der Waals surface area (Å²) in [5, 5.41) is 19.6. The molecule has 19 heavy (non-hydrogen) atoms. The van der Waals surface area contributed by atoms with E-state index in [-0.39, 0.29) is 15.8 Å². The average molecular weight is 332 g/mol. The Labute approximate surface area is 114 Å². The normalized spacial score (nSPS) is 10.0. The number of hydrogen-bond donors (Lipinski definition) is 1. The lowest BCUT2D eigenvalue weighted by Crippen LogP contribution is -2.17. The second kappa shape index (κ2) is 6.12. The molecule has 0 radical (unpaired) electrons. The molecule has 0 saturated carbocycles. The van der Waals surface area contributed by atoms with E-state index in [0.29, 0.717) is 5.69 Å². The van der Waals surface area contributed by atoms with E-state index in [0.717, 1.165) is 12.3 Å². The van der Waals surface area contributed by atoms with Crippen molar-refractivity contribution in [3.63, 3.8) is 0 Å². The van der Waals surface area contributed by atoms with E-state index in [1.54, 1.807) is 12.1 Å². The lowest BCUT2D eigenvalue weighted by Gasteiger charge is -2.11. The molecular weight excluding hydrogens is 327 g/mol. The van der Waals surface area contributed by atoms with Gasteiger partial charge in [0.15, 0.2) is 0 Å². The van der Waals surface area contributed by atoms with Crippen LogP contribution >= 0.6 is 15.9 Å². The smallest absolute Gasteiger partial charge is 0.405 e. The first-order valence-electron chi connectivity index (χ1n) is 4.68. The second-order valence-electron chi connectivity index (χ2n) is 3.12. The molecule has 0 amide bonds. The first-order valence-corrected chi connectivity index (χ1v) is 5.47. The fraction of sp³-hybridized carbons (Fsp3) is 0.0909. The molecule has 0 aliphatic heterocycles. The third kappa shape index (κ3) is 4.90. The molecule has 98 valence electrons. The van der Waals surface area contributed by atoms with Crippen molar-refractivity contribution in [2.24, 2.45) is 0 Å². The zero-order chi connectivity index (χ0) is 14.5. The Morgan fingerprint density at radius 1 is 1.32 bits per heavy atom. The van der Waals surface area contributed by atoms with Gasteiger partial charge in [0.25, 0.3) is 0 Å². The summed E-state index contributed by atoms with van der Waals surface area (Å²) in [5.74, 6) is -0.386. The Bertz CT molecular complexity index is 568. The molecule has 0 aliphatic carbocycles. The molecule has 0 aromatic heterocycles. The van der Waals surface area contributed by atoms with Crippen LogP contribution in [-0.2, 0) is 0 Å². The van der Waals surface area contributed by atoms with Crippen LogP contribution in [0.5, 0.6) is 5.75 Å². The number of halogens is 4.